The van der Waals surface area contributed by atoms with Gasteiger partial charge in [-0.2, -0.15) is 0 Å². The molecule has 0 aliphatic rings. The van der Waals surface area contributed by atoms with Crippen LogP contribution in [0.4, 0.5) is 0 Å². The predicted octanol–water partition coefficient (Wildman–Crippen LogP) is 8.13. The Morgan fingerprint density at radius 3 is 2.09 bits per heavy atom. The molecular weight excluding hydrogens is 631 g/mol. The molecule has 1 N–H and O–H groups in total. The maximum Gasteiger partial charge on any atom is 0.155 e. The van der Waals surface area contributed by atoms with Crippen molar-refractivity contribution in [1.82, 2.24) is 4.98 Å². The van der Waals surface area contributed by atoms with Crippen molar-refractivity contribution in [3.8, 4) is 32.8 Å². The van der Waals surface area contributed by atoms with E-state index >= 15 is 0 Å². The quantitative estimate of drug-likeness (QED) is 0.121. The summed E-state index contributed by atoms with van der Waals surface area (Å²) in [4.78, 5) is 16.0. The number of aromatic nitrogens is 1. The number of nitrogens with zero attached hydrogens (tertiary/aromatic N) is 1. The monoisotopic (exact) mass is 655 g/mol. The number of hydrogen-bond acceptors (Lipinski definition) is 4. The van der Waals surface area contributed by atoms with Gasteiger partial charge in [0, 0.05) is 52.9 Å². The van der Waals surface area contributed by atoms with E-state index in [2.05, 4.69) is 78.9 Å². The van der Waals surface area contributed by atoms with E-state index < -0.39 is 0 Å². The summed E-state index contributed by atoms with van der Waals surface area (Å²) in [5.74, 6) is -0.0625. The first-order valence-electron chi connectivity index (χ1n) is 10.9. The van der Waals surface area contributed by atoms with Gasteiger partial charge in [0.15, 0.2) is 5.78 Å². The fourth-order valence-corrected chi connectivity index (χ4v) is 4.91. The fraction of sp³-hybridized carbons (Fsp3) is 0.0667. The van der Waals surface area contributed by atoms with Crippen molar-refractivity contribution in [3.63, 3.8) is 0 Å². The van der Waals surface area contributed by atoms with E-state index in [1.54, 1.807) is 0 Å². The Morgan fingerprint density at radius 2 is 1.54 bits per heavy atom. The zero-order valence-electron chi connectivity index (χ0n) is 19.4. The molecular formula is C30H24IrNO2S-. The summed E-state index contributed by atoms with van der Waals surface area (Å²) in [6.07, 6.45) is 3.18. The first-order chi connectivity index (χ1) is 16.5. The van der Waals surface area contributed by atoms with Gasteiger partial charge in [0.1, 0.15) is 0 Å². The van der Waals surface area contributed by atoms with Crippen LogP contribution in [0.25, 0.3) is 42.9 Å². The summed E-state index contributed by atoms with van der Waals surface area (Å²) >= 11 is 1.83. The van der Waals surface area contributed by atoms with Gasteiger partial charge in [-0.1, -0.05) is 66.7 Å². The van der Waals surface area contributed by atoms with Crippen LogP contribution in [0.15, 0.2) is 109 Å². The van der Waals surface area contributed by atoms with E-state index in [0.717, 1.165) is 11.3 Å². The van der Waals surface area contributed by atoms with E-state index in [1.165, 1.54) is 51.6 Å². The number of hydrogen-bond donors (Lipinski definition) is 1. The molecule has 0 unspecified atom stereocenters. The van der Waals surface area contributed by atoms with Gasteiger partial charge in [-0.3, -0.25) is 4.79 Å². The van der Waals surface area contributed by atoms with Crippen LogP contribution in [0.2, 0.25) is 0 Å². The third kappa shape index (κ3) is 6.61. The van der Waals surface area contributed by atoms with Gasteiger partial charge in [0.25, 0.3) is 0 Å². The van der Waals surface area contributed by atoms with Gasteiger partial charge in [0.2, 0.25) is 0 Å². The minimum Gasteiger partial charge on any atom is -0.512 e. The molecule has 1 radical (unpaired) electrons. The molecule has 2 heterocycles. The van der Waals surface area contributed by atoms with Crippen molar-refractivity contribution in [3.05, 3.63) is 115 Å². The molecule has 2 aromatic heterocycles. The molecule has 5 heteroatoms. The number of pyridine rings is 1. The minimum absolute atomic E-state index is 0. The number of carbonyl (C=O) groups excluding carboxylic acids is 1. The summed E-state index contributed by atoms with van der Waals surface area (Å²) in [6, 6.07) is 34.6. The Labute approximate surface area is 223 Å². The Morgan fingerprint density at radius 1 is 0.914 bits per heavy atom. The normalized spacial score (nSPS) is 10.7. The van der Waals surface area contributed by atoms with Crippen LogP contribution in [0, 0.1) is 6.07 Å². The number of rotatable bonds is 4. The Balaban J connectivity index is 0.000000378. The Kier molecular flexibility index (Phi) is 9.27. The van der Waals surface area contributed by atoms with Gasteiger partial charge in [-0.25, -0.2) is 0 Å². The molecule has 0 atom stereocenters. The van der Waals surface area contributed by atoms with Gasteiger partial charge >= 0.3 is 0 Å². The van der Waals surface area contributed by atoms with Crippen molar-refractivity contribution in [2.24, 2.45) is 0 Å². The number of aliphatic hydroxyl groups is 1. The zero-order valence-corrected chi connectivity index (χ0v) is 22.6. The summed E-state index contributed by atoms with van der Waals surface area (Å²) in [5.41, 5.74) is 5.71. The van der Waals surface area contributed by atoms with Crippen LogP contribution in [-0.4, -0.2) is 15.9 Å². The second-order valence-corrected chi connectivity index (χ2v) is 8.83. The zero-order chi connectivity index (χ0) is 23.9. The smallest absolute Gasteiger partial charge is 0.155 e. The summed E-state index contributed by atoms with van der Waals surface area (Å²) in [6.45, 7) is 2.85. The van der Waals surface area contributed by atoms with Crippen LogP contribution in [0.3, 0.4) is 0 Å². The number of ketones is 1. The average Bonchev–Trinajstić information content (AvgIpc) is 3.24. The number of fused-ring (bicyclic) bond motifs is 1. The van der Waals surface area contributed by atoms with E-state index in [0.29, 0.717) is 0 Å². The van der Waals surface area contributed by atoms with E-state index in [9.17, 15) is 4.79 Å². The van der Waals surface area contributed by atoms with Gasteiger partial charge in [-0.15, -0.1) is 47.2 Å². The molecule has 177 valence electrons. The van der Waals surface area contributed by atoms with Gasteiger partial charge in [-0.05, 0) is 30.7 Å². The SMILES string of the molecule is CC(=O)/C=C(/C)O.[Ir].[c-]1ccccc1-c1cc2sc(-c3ccccc3)c(-c3ccccc3)c2cn1. The maximum atomic E-state index is 10.0. The summed E-state index contributed by atoms with van der Waals surface area (Å²) < 4.78 is 1.25. The van der Waals surface area contributed by atoms with Crippen molar-refractivity contribution in [1.29, 1.82) is 0 Å². The third-order valence-electron chi connectivity index (χ3n) is 5.07. The van der Waals surface area contributed by atoms with Crippen LogP contribution >= 0.6 is 11.3 Å². The fourth-order valence-electron chi connectivity index (χ4n) is 3.67. The van der Waals surface area contributed by atoms with Crippen molar-refractivity contribution in [2.45, 2.75) is 13.8 Å². The Bertz CT molecular complexity index is 1430. The Hall–Kier alpha value is -3.37. The molecule has 0 spiro atoms. The van der Waals surface area contributed by atoms with E-state index in [1.807, 2.05) is 35.7 Å². The second kappa shape index (κ2) is 12.4. The first kappa shape index (κ1) is 26.2. The van der Waals surface area contributed by atoms with Crippen LogP contribution in [-0.2, 0) is 24.9 Å². The molecule has 0 bridgehead atoms. The average molecular weight is 655 g/mol. The predicted molar refractivity (Wildman–Crippen MR) is 142 cm³/mol. The number of allylic oxidation sites excluding steroid dienone is 2. The first-order valence-corrected chi connectivity index (χ1v) is 11.7. The molecule has 5 rings (SSSR count). The molecule has 0 saturated carbocycles. The minimum atomic E-state index is -0.125. The molecule has 0 aliphatic carbocycles. The van der Waals surface area contributed by atoms with Crippen LogP contribution in [0.1, 0.15) is 13.8 Å². The van der Waals surface area contributed by atoms with Gasteiger partial charge in [0.05, 0.1) is 5.76 Å². The van der Waals surface area contributed by atoms with E-state index in [4.69, 9.17) is 10.1 Å². The molecule has 35 heavy (non-hydrogen) atoms. The standard InChI is InChI=1S/C25H16NS.C5H8O2.Ir/c1-4-10-18(11-5-1)22-16-23-21(17-26-22)24(19-12-6-2-7-13-19)25(27-23)20-14-8-3-9-15-20;1-4(6)3-5(2)7;/h1-10,12-17H;3,6H,1-2H3;/q-1;;/b;4-3-;. The molecule has 3 nitrogen and oxygen atoms in total. The molecule has 5 aromatic rings. The van der Waals surface area contributed by atoms with Crippen molar-refractivity contribution >= 4 is 27.2 Å². The largest absolute Gasteiger partial charge is 0.512 e. The number of aliphatic hydroxyl groups excluding tert-OH is 1. The van der Waals surface area contributed by atoms with Gasteiger partial charge < -0.3 is 10.1 Å². The topological polar surface area (TPSA) is 50.2 Å². The molecule has 0 fully saturated rings. The maximum absolute atomic E-state index is 10.0. The molecule has 0 amide bonds. The van der Waals surface area contributed by atoms with Crippen molar-refractivity contribution < 1.29 is 30.0 Å². The van der Waals surface area contributed by atoms with Crippen molar-refractivity contribution in [2.75, 3.05) is 0 Å². The van der Waals surface area contributed by atoms with Crippen LogP contribution in [0.5, 0.6) is 0 Å². The van der Waals surface area contributed by atoms with E-state index in [-0.39, 0.29) is 31.6 Å². The molecule has 0 saturated heterocycles. The van der Waals surface area contributed by atoms with Crippen LogP contribution < -0.4 is 0 Å². The summed E-state index contributed by atoms with van der Waals surface area (Å²) in [5, 5.41) is 9.56. The number of thiophene rings is 1. The molecule has 3 aromatic carbocycles. The number of benzene rings is 3. The third-order valence-corrected chi connectivity index (χ3v) is 6.27. The summed E-state index contributed by atoms with van der Waals surface area (Å²) in [7, 11) is 0. The second-order valence-electron chi connectivity index (χ2n) is 7.78. The molecule has 0 aliphatic heterocycles. The number of carbonyl (C=O) groups is 1.